The molecule has 2 rings (SSSR count). The van der Waals surface area contributed by atoms with Crippen LogP contribution < -0.4 is 9.64 Å². The number of nitro benzene ring substituents is 2. The van der Waals surface area contributed by atoms with E-state index in [2.05, 4.69) is 0 Å². The standard InChI is InChI=1S/C17H23N3O7/c1-3-5-6-18(12-16-26-8-9-27-16)17-14(19(21)22)10-13(25-7-4-2)11-15(17)20(23)24/h3,5,10-11,16H,4,6-9,12H2,1-2H3. The lowest BCUT2D eigenvalue weighted by Gasteiger charge is -2.25. The van der Waals surface area contributed by atoms with Crippen LogP contribution >= 0.6 is 0 Å². The van der Waals surface area contributed by atoms with Gasteiger partial charge in [0.15, 0.2) is 12.0 Å². The smallest absolute Gasteiger partial charge is 0.303 e. The van der Waals surface area contributed by atoms with Gasteiger partial charge in [-0.25, -0.2) is 0 Å². The molecule has 0 aliphatic carbocycles. The zero-order chi connectivity index (χ0) is 19.8. The topological polar surface area (TPSA) is 117 Å². The molecular weight excluding hydrogens is 358 g/mol. The van der Waals surface area contributed by atoms with Crippen LogP contribution in [0.3, 0.4) is 0 Å². The first-order chi connectivity index (χ1) is 13.0. The Morgan fingerprint density at radius 1 is 1.22 bits per heavy atom. The van der Waals surface area contributed by atoms with Gasteiger partial charge in [0.1, 0.15) is 5.75 Å². The Morgan fingerprint density at radius 3 is 2.30 bits per heavy atom. The minimum atomic E-state index is -0.639. The number of hydrogen-bond acceptors (Lipinski definition) is 8. The van der Waals surface area contributed by atoms with Gasteiger partial charge in [0, 0.05) is 6.54 Å². The molecule has 10 nitrogen and oxygen atoms in total. The molecule has 0 aromatic heterocycles. The highest BCUT2D eigenvalue weighted by molar-refractivity contribution is 5.77. The maximum Gasteiger partial charge on any atom is 0.303 e. The van der Waals surface area contributed by atoms with E-state index >= 15 is 0 Å². The minimum Gasteiger partial charge on any atom is -0.493 e. The zero-order valence-corrected chi connectivity index (χ0v) is 15.3. The number of allylic oxidation sites excluding steroid dienone is 1. The van der Waals surface area contributed by atoms with E-state index in [4.69, 9.17) is 14.2 Å². The fourth-order valence-corrected chi connectivity index (χ4v) is 2.67. The fraction of sp³-hybridized carbons (Fsp3) is 0.529. The maximum atomic E-state index is 11.7. The summed E-state index contributed by atoms with van der Waals surface area (Å²) in [5, 5.41) is 23.3. The molecule has 0 bridgehead atoms. The van der Waals surface area contributed by atoms with E-state index in [0.29, 0.717) is 26.2 Å². The number of rotatable bonds is 10. The Morgan fingerprint density at radius 2 is 1.81 bits per heavy atom. The van der Waals surface area contributed by atoms with Crippen LogP contribution in [0.25, 0.3) is 0 Å². The van der Waals surface area contributed by atoms with Crippen molar-refractivity contribution in [3.63, 3.8) is 0 Å². The van der Waals surface area contributed by atoms with Gasteiger partial charge in [-0.1, -0.05) is 19.1 Å². The van der Waals surface area contributed by atoms with E-state index in [1.807, 2.05) is 6.92 Å². The highest BCUT2D eigenvalue weighted by Gasteiger charge is 2.33. The molecule has 148 valence electrons. The highest BCUT2D eigenvalue weighted by Crippen LogP contribution is 2.41. The molecule has 0 saturated carbocycles. The largest absolute Gasteiger partial charge is 0.493 e. The second-order valence-corrected chi connectivity index (χ2v) is 5.82. The van der Waals surface area contributed by atoms with Crippen molar-refractivity contribution < 1.29 is 24.1 Å². The van der Waals surface area contributed by atoms with E-state index in [0.717, 1.165) is 0 Å². The second kappa shape index (κ2) is 9.83. The van der Waals surface area contributed by atoms with Crippen LogP contribution in [0.1, 0.15) is 20.3 Å². The van der Waals surface area contributed by atoms with Gasteiger partial charge in [-0.2, -0.15) is 0 Å². The summed E-state index contributed by atoms with van der Waals surface area (Å²) in [7, 11) is 0. The van der Waals surface area contributed by atoms with Crippen molar-refractivity contribution in [3.05, 3.63) is 44.5 Å². The summed E-state index contributed by atoms with van der Waals surface area (Å²) in [6, 6.07) is 2.44. The van der Waals surface area contributed by atoms with Crippen molar-refractivity contribution in [2.75, 3.05) is 37.8 Å². The Bertz CT molecular complexity index is 667. The van der Waals surface area contributed by atoms with Gasteiger partial charge < -0.3 is 19.1 Å². The monoisotopic (exact) mass is 381 g/mol. The van der Waals surface area contributed by atoms with Crippen molar-refractivity contribution in [2.45, 2.75) is 26.6 Å². The summed E-state index contributed by atoms with van der Waals surface area (Å²) < 4.78 is 16.2. The first-order valence-corrected chi connectivity index (χ1v) is 8.66. The number of nitro groups is 2. The molecule has 1 aliphatic rings. The molecule has 1 fully saturated rings. The third-order valence-electron chi connectivity index (χ3n) is 3.85. The summed E-state index contributed by atoms with van der Waals surface area (Å²) in [5.74, 6) is 0.0957. The van der Waals surface area contributed by atoms with Crippen molar-refractivity contribution in [2.24, 2.45) is 0 Å². The molecule has 0 unspecified atom stereocenters. The Balaban J connectivity index is 2.52. The van der Waals surface area contributed by atoms with Crippen LogP contribution in [0.2, 0.25) is 0 Å². The Hall–Kier alpha value is -2.72. The van der Waals surface area contributed by atoms with Gasteiger partial charge in [0.2, 0.25) is 0 Å². The van der Waals surface area contributed by atoms with E-state index < -0.39 is 27.5 Å². The van der Waals surface area contributed by atoms with E-state index in [-0.39, 0.29) is 24.5 Å². The van der Waals surface area contributed by atoms with E-state index in [9.17, 15) is 20.2 Å². The minimum absolute atomic E-state index is 0.0916. The summed E-state index contributed by atoms with van der Waals surface area (Å²) in [4.78, 5) is 23.6. The molecule has 0 atom stereocenters. The Labute approximate surface area is 156 Å². The third-order valence-corrected chi connectivity index (χ3v) is 3.85. The van der Waals surface area contributed by atoms with E-state index in [1.165, 1.54) is 17.0 Å². The second-order valence-electron chi connectivity index (χ2n) is 5.82. The summed E-state index contributed by atoms with van der Waals surface area (Å²) in [5.41, 5.74) is -0.873. The fourth-order valence-electron chi connectivity index (χ4n) is 2.67. The molecule has 0 radical (unpaired) electrons. The lowest BCUT2D eigenvalue weighted by molar-refractivity contribution is -0.392. The van der Waals surface area contributed by atoms with Crippen molar-refractivity contribution in [1.82, 2.24) is 0 Å². The number of ether oxygens (including phenoxy) is 3. The summed E-state index contributed by atoms with van der Waals surface area (Å²) in [6.07, 6.45) is 3.59. The van der Waals surface area contributed by atoms with Crippen LogP contribution in [0.4, 0.5) is 17.1 Å². The van der Waals surface area contributed by atoms with Crippen LogP contribution in [-0.2, 0) is 9.47 Å². The molecule has 10 heteroatoms. The van der Waals surface area contributed by atoms with Gasteiger partial charge in [-0.05, 0) is 13.3 Å². The van der Waals surface area contributed by atoms with Crippen LogP contribution in [0.15, 0.2) is 24.3 Å². The average Bonchev–Trinajstić information content (AvgIpc) is 3.15. The summed E-state index contributed by atoms with van der Waals surface area (Å²) in [6.45, 7) is 5.16. The van der Waals surface area contributed by atoms with Crippen molar-refractivity contribution in [1.29, 1.82) is 0 Å². The molecular formula is C17H23N3O7. The van der Waals surface area contributed by atoms with Crippen LogP contribution in [-0.4, -0.2) is 49.0 Å². The number of nitrogens with zero attached hydrogens (tertiary/aromatic N) is 3. The molecule has 1 heterocycles. The number of hydrogen-bond donors (Lipinski definition) is 0. The lowest BCUT2D eigenvalue weighted by atomic mass is 10.2. The van der Waals surface area contributed by atoms with Crippen molar-refractivity contribution in [3.8, 4) is 5.75 Å². The molecule has 1 saturated heterocycles. The van der Waals surface area contributed by atoms with Gasteiger partial charge in [0.05, 0.1) is 48.3 Å². The molecule has 1 aromatic rings. The predicted molar refractivity (Wildman–Crippen MR) is 98.3 cm³/mol. The zero-order valence-electron chi connectivity index (χ0n) is 15.3. The van der Waals surface area contributed by atoms with Crippen LogP contribution in [0.5, 0.6) is 5.75 Å². The SMILES string of the molecule is CC=CCN(CC1OCCO1)c1c([N+](=O)[O-])cc(OCCC)cc1[N+](=O)[O-]. The predicted octanol–water partition coefficient (Wildman–Crippen LogP) is 3.05. The van der Waals surface area contributed by atoms with Gasteiger partial charge in [-0.3, -0.25) is 20.2 Å². The maximum absolute atomic E-state index is 11.7. The Kier molecular flexibility index (Phi) is 7.50. The molecule has 1 aromatic carbocycles. The van der Waals surface area contributed by atoms with E-state index in [1.54, 1.807) is 19.1 Å². The molecule has 0 N–H and O–H groups in total. The lowest BCUT2D eigenvalue weighted by Crippen LogP contribution is -2.34. The first kappa shape index (κ1) is 20.6. The third kappa shape index (κ3) is 5.38. The molecule has 1 aliphatic heterocycles. The van der Waals surface area contributed by atoms with Gasteiger partial charge in [-0.15, -0.1) is 0 Å². The first-order valence-electron chi connectivity index (χ1n) is 8.66. The van der Waals surface area contributed by atoms with Crippen LogP contribution in [0, 0.1) is 20.2 Å². The molecule has 0 amide bonds. The molecule has 0 spiro atoms. The normalized spacial score (nSPS) is 14.6. The summed E-state index contributed by atoms with van der Waals surface area (Å²) >= 11 is 0. The number of anilines is 1. The highest BCUT2D eigenvalue weighted by atomic mass is 16.7. The molecule has 27 heavy (non-hydrogen) atoms. The van der Waals surface area contributed by atoms with Gasteiger partial charge >= 0.3 is 11.4 Å². The van der Waals surface area contributed by atoms with Crippen molar-refractivity contribution >= 4 is 17.1 Å². The quantitative estimate of drug-likeness (QED) is 0.345. The van der Waals surface area contributed by atoms with Gasteiger partial charge in [0.25, 0.3) is 0 Å². The average molecular weight is 381 g/mol. The number of benzene rings is 1.